The minimum absolute atomic E-state index is 0.764. The Labute approximate surface area is 94.3 Å². The highest BCUT2D eigenvalue weighted by Crippen LogP contribution is 2.34. The van der Waals surface area contributed by atoms with Crippen molar-refractivity contribution in [1.82, 2.24) is 5.32 Å². The van der Waals surface area contributed by atoms with Crippen molar-refractivity contribution in [1.29, 1.82) is 0 Å². The third-order valence-corrected chi connectivity index (χ3v) is 4.42. The van der Waals surface area contributed by atoms with Crippen molar-refractivity contribution >= 4 is 0 Å². The summed E-state index contributed by atoms with van der Waals surface area (Å²) in [5, 5.41) is 3.64. The van der Waals surface area contributed by atoms with Crippen molar-refractivity contribution in [2.24, 2.45) is 23.7 Å². The van der Waals surface area contributed by atoms with Gasteiger partial charge in [0, 0.05) is 12.2 Å². The molecule has 1 heterocycles. The summed E-state index contributed by atoms with van der Waals surface area (Å²) in [7, 11) is 0. The van der Waals surface area contributed by atoms with Gasteiger partial charge in [0.1, 0.15) is 0 Å². The molecule has 86 valence electrons. The fourth-order valence-electron chi connectivity index (χ4n) is 2.82. The van der Waals surface area contributed by atoms with Crippen LogP contribution >= 0.6 is 0 Å². The highest BCUT2D eigenvalue weighted by molar-refractivity contribution is 5.11. The van der Waals surface area contributed by atoms with E-state index in [0.29, 0.717) is 0 Å². The first kappa shape index (κ1) is 11.0. The molecule has 1 N–H and O–H groups in total. The van der Waals surface area contributed by atoms with Crippen molar-refractivity contribution in [3.63, 3.8) is 0 Å². The number of rotatable bonds is 1. The summed E-state index contributed by atoms with van der Waals surface area (Å²) in [6.45, 7) is 8.27. The van der Waals surface area contributed by atoms with Crippen LogP contribution in [0.2, 0.25) is 0 Å². The van der Waals surface area contributed by atoms with Crippen LogP contribution in [-0.2, 0) is 0 Å². The van der Waals surface area contributed by atoms with Crippen molar-refractivity contribution in [2.45, 2.75) is 46.5 Å². The van der Waals surface area contributed by atoms with Gasteiger partial charge in [-0.25, -0.2) is 0 Å². The average Bonchev–Trinajstić information content (AvgIpc) is 2.23. The molecular weight excluding hydrogens is 182 g/mol. The summed E-state index contributed by atoms with van der Waals surface area (Å²) in [6.07, 6.45) is 8.15. The molecule has 0 spiro atoms. The Hall–Kier alpha value is -0.460. The maximum Gasteiger partial charge on any atom is 0.0175 e. The maximum atomic E-state index is 3.64. The first-order valence-electron chi connectivity index (χ1n) is 6.62. The van der Waals surface area contributed by atoms with E-state index in [1.54, 1.807) is 5.70 Å². The van der Waals surface area contributed by atoms with Crippen LogP contribution in [0.15, 0.2) is 11.8 Å². The molecule has 1 aliphatic heterocycles. The molecule has 2 atom stereocenters. The molecule has 1 aliphatic carbocycles. The smallest absolute Gasteiger partial charge is 0.0175 e. The SMILES string of the molecule is CC1CCC(C2=C[C@H](C)[C@H](C)CN2)CC1. The summed E-state index contributed by atoms with van der Waals surface area (Å²) in [5.41, 5.74) is 1.56. The van der Waals surface area contributed by atoms with Crippen molar-refractivity contribution in [3.8, 4) is 0 Å². The van der Waals surface area contributed by atoms with Crippen LogP contribution in [-0.4, -0.2) is 6.54 Å². The minimum Gasteiger partial charge on any atom is -0.388 e. The van der Waals surface area contributed by atoms with Crippen LogP contribution in [0.5, 0.6) is 0 Å². The van der Waals surface area contributed by atoms with E-state index < -0.39 is 0 Å². The lowest BCUT2D eigenvalue weighted by atomic mass is 9.79. The fourth-order valence-corrected chi connectivity index (χ4v) is 2.82. The highest BCUT2D eigenvalue weighted by atomic mass is 14.9. The van der Waals surface area contributed by atoms with Gasteiger partial charge in [-0.3, -0.25) is 0 Å². The molecule has 0 aromatic rings. The van der Waals surface area contributed by atoms with Gasteiger partial charge >= 0.3 is 0 Å². The Morgan fingerprint density at radius 2 is 1.73 bits per heavy atom. The van der Waals surface area contributed by atoms with E-state index in [0.717, 1.165) is 23.7 Å². The van der Waals surface area contributed by atoms with Crippen LogP contribution in [0.4, 0.5) is 0 Å². The second-order valence-electron chi connectivity index (χ2n) is 5.80. The zero-order valence-electron chi connectivity index (χ0n) is 10.4. The standard InChI is InChI=1S/C14H25N/c1-10-4-6-13(7-5-10)14-8-11(2)12(3)9-15-14/h8,10-13,15H,4-7,9H2,1-3H3/t10?,11-,12+,13?/m0/s1. The van der Waals surface area contributed by atoms with E-state index in [4.69, 9.17) is 0 Å². The molecule has 2 aliphatic rings. The Bertz CT molecular complexity index is 236. The summed E-state index contributed by atoms with van der Waals surface area (Å²) in [5.74, 6) is 3.37. The van der Waals surface area contributed by atoms with Crippen molar-refractivity contribution in [2.75, 3.05) is 6.54 Å². The molecular formula is C14H25N. The van der Waals surface area contributed by atoms with E-state index in [-0.39, 0.29) is 0 Å². The molecule has 0 unspecified atom stereocenters. The van der Waals surface area contributed by atoms with E-state index in [9.17, 15) is 0 Å². The Morgan fingerprint density at radius 3 is 2.33 bits per heavy atom. The van der Waals surface area contributed by atoms with Gasteiger partial charge in [-0.15, -0.1) is 0 Å². The van der Waals surface area contributed by atoms with Crippen LogP contribution in [0.25, 0.3) is 0 Å². The molecule has 15 heavy (non-hydrogen) atoms. The third kappa shape index (κ3) is 2.56. The van der Waals surface area contributed by atoms with Gasteiger partial charge in [0.15, 0.2) is 0 Å². The van der Waals surface area contributed by atoms with Crippen LogP contribution in [0.3, 0.4) is 0 Å². The number of allylic oxidation sites excluding steroid dienone is 2. The van der Waals surface area contributed by atoms with Crippen molar-refractivity contribution < 1.29 is 0 Å². The summed E-state index contributed by atoms with van der Waals surface area (Å²) >= 11 is 0. The molecule has 0 bridgehead atoms. The van der Waals surface area contributed by atoms with Gasteiger partial charge in [-0.05, 0) is 36.5 Å². The van der Waals surface area contributed by atoms with Gasteiger partial charge in [-0.1, -0.05) is 39.7 Å². The molecule has 0 aromatic heterocycles. The lowest BCUT2D eigenvalue weighted by Crippen LogP contribution is -2.34. The molecule has 1 saturated carbocycles. The normalized spacial score (nSPS) is 41.9. The molecule has 2 rings (SSSR count). The van der Waals surface area contributed by atoms with Gasteiger partial charge in [0.2, 0.25) is 0 Å². The average molecular weight is 207 g/mol. The lowest BCUT2D eigenvalue weighted by Gasteiger charge is -2.34. The molecule has 0 amide bonds. The molecule has 0 radical (unpaired) electrons. The minimum atomic E-state index is 0.764. The van der Waals surface area contributed by atoms with Crippen LogP contribution < -0.4 is 5.32 Å². The van der Waals surface area contributed by atoms with Gasteiger partial charge < -0.3 is 5.32 Å². The summed E-state index contributed by atoms with van der Waals surface area (Å²) in [6, 6.07) is 0. The number of hydrogen-bond donors (Lipinski definition) is 1. The second-order valence-corrected chi connectivity index (χ2v) is 5.80. The van der Waals surface area contributed by atoms with E-state index in [1.165, 1.54) is 32.2 Å². The van der Waals surface area contributed by atoms with Crippen molar-refractivity contribution in [3.05, 3.63) is 11.8 Å². The topological polar surface area (TPSA) is 12.0 Å². The Kier molecular flexibility index (Phi) is 3.38. The maximum absolute atomic E-state index is 3.64. The molecule has 1 heteroatoms. The van der Waals surface area contributed by atoms with Gasteiger partial charge in [0.05, 0.1) is 0 Å². The predicted octanol–water partition coefficient (Wildman–Crippen LogP) is 3.57. The molecule has 1 fully saturated rings. The van der Waals surface area contributed by atoms with Crippen LogP contribution in [0, 0.1) is 23.7 Å². The second kappa shape index (κ2) is 4.59. The molecule has 1 nitrogen and oxygen atoms in total. The van der Waals surface area contributed by atoms with E-state index >= 15 is 0 Å². The largest absolute Gasteiger partial charge is 0.388 e. The van der Waals surface area contributed by atoms with Gasteiger partial charge in [0.25, 0.3) is 0 Å². The van der Waals surface area contributed by atoms with Gasteiger partial charge in [-0.2, -0.15) is 0 Å². The first-order valence-corrected chi connectivity index (χ1v) is 6.62. The fraction of sp³-hybridized carbons (Fsp3) is 0.857. The monoisotopic (exact) mass is 207 g/mol. The predicted molar refractivity (Wildman–Crippen MR) is 65.5 cm³/mol. The molecule has 0 aromatic carbocycles. The molecule has 0 saturated heterocycles. The summed E-state index contributed by atoms with van der Waals surface area (Å²) < 4.78 is 0. The summed E-state index contributed by atoms with van der Waals surface area (Å²) in [4.78, 5) is 0. The number of nitrogens with one attached hydrogen (secondary N) is 1. The first-order chi connectivity index (χ1) is 7.16. The number of hydrogen-bond acceptors (Lipinski definition) is 1. The Balaban J connectivity index is 1.96. The quantitative estimate of drug-likeness (QED) is 0.693. The van der Waals surface area contributed by atoms with Crippen LogP contribution in [0.1, 0.15) is 46.5 Å². The highest BCUT2D eigenvalue weighted by Gasteiger charge is 2.25. The zero-order chi connectivity index (χ0) is 10.8. The third-order valence-electron chi connectivity index (χ3n) is 4.42. The van der Waals surface area contributed by atoms with E-state index in [1.807, 2.05) is 0 Å². The van der Waals surface area contributed by atoms with E-state index in [2.05, 4.69) is 32.2 Å². The Morgan fingerprint density at radius 1 is 1.07 bits per heavy atom. The lowest BCUT2D eigenvalue weighted by molar-refractivity contribution is 0.294. The zero-order valence-corrected chi connectivity index (χ0v) is 10.4.